The van der Waals surface area contributed by atoms with Gasteiger partial charge in [-0.05, 0) is 42.7 Å². The Hall–Kier alpha value is -0.866. The summed E-state index contributed by atoms with van der Waals surface area (Å²) in [5, 5.41) is 2.81. The molecule has 2 aromatic rings. The van der Waals surface area contributed by atoms with E-state index < -0.39 is 28.1 Å². The predicted octanol–water partition coefficient (Wildman–Crippen LogP) is 10.2. The van der Waals surface area contributed by atoms with Gasteiger partial charge in [0.05, 0.1) is 0 Å². The predicted molar refractivity (Wildman–Crippen MR) is 170 cm³/mol. The first-order valence-corrected chi connectivity index (χ1v) is 17.6. The molecule has 1 unspecified atom stereocenters. The van der Waals surface area contributed by atoms with Gasteiger partial charge in [-0.2, -0.15) is 0 Å². The molecule has 4 rings (SSSR count). The van der Waals surface area contributed by atoms with Crippen LogP contribution in [0.1, 0.15) is 102 Å². The fourth-order valence-corrected chi connectivity index (χ4v) is 9.33. The summed E-state index contributed by atoms with van der Waals surface area (Å²) in [6, 6.07) is 18.5. The van der Waals surface area contributed by atoms with Gasteiger partial charge in [0.1, 0.15) is 0 Å². The molecule has 40 heavy (non-hydrogen) atoms. The number of thioether (sulfide) groups is 1. The van der Waals surface area contributed by atoms with Crippen LogP contribution in [0.5, 0.6) is 0 Å². The van der Waals surface area contributed by atoms with Crippen LogP contribution in [0.15, 0.2) is 54.6 Å². The van der Waals surface area contributed by atoms with Gasteiger partial charge in [-0.3, -0.25) is 9.59 Å². The minimum absolute atomic E-state index is 0. The van der Waals surface area contributed by atoms with Crippen molar-refractivity contribution < 1.29 is 36.0 Å². The van der Waals surface area contributed by atoms with E-state index in [1.165, 1.54) is 80.2 Å². The zero-order chi connectivity index (χ0) is 27.8. The van der Waals surface area contributed by atoms with Crippen molar-refractivity contribution in [3.63, 3.8) is 0 Å². The van der Waals surface area contributed by atoms with Gasteiger partial charge in [0, 0.05) is 23.9 Å². The van der Waals surface area contributed by atoms with E-state index in [4.69, 9.17) is 0 Å². The third kappa shape index (κ3) is 13.9. The summed E-state index contributed by atoms with van der Waals surface area (Å²) in [5.41, 5.74) is 1.66. The zero-order valence-electron chi connectivity index (χ0n) is 25.2. The Labute approximate surface area is 259 Å². The molecule has 1 atom stereocenters. The number of ketones is 1. The number of halogens is 2. The molecule has 2 nitrogen and oxygen atoms in total. The average Bonchev–Trinajstić information content (AvgIpc) is 3.68. The SMILES string of the molecule is C1CCCC1.CCC(=O)c1ccc(P(CSC(=O)CC(C)(C)C2CCCC2)c2ccccc2)cc1.[CH3-].[CH3-].[F][Ti][F]. The van der Waals surface area contributed by atoms with Crippen molar-refractivity contribution in [1.29, 1.82) is 0 Å². The van der Waals surface area contributed by atoms with Crippen molar-refractivity contribution >= 4 is 41.2 Å². The van der Waals surface area contributed by atoms with Crippen molar-refractivity contribution in [3.05, 3.63) is 75.0 Å². The van der Waals surface area contributed by atoms with Crippen molar-refractivity contribution in [2.45, 2.75) is 91.4 Å². The molecule has 224 valence electrons. The fraction of sp³-hybridized carbons (Fsp3) is 0.515. The molecule has 7 heteroatoms. The van der Waals surface area contributed by atoms with E-state index in [1.807, 2.05) is 25.1 Å². The van der Waals surface area contributed by atoms with Crippen LogP contribution < -0.4 is 10.6 Å². The molecule has 0 aliphatic heterocycles. The molecule has 0 spiro atoms. The number of hydrogen-bond donors (Lipinski definition) is 0. The Balaban J connectivity index is 0.00000132. The zero-order valence-corrected chi connectivity index (χ0v) is 28.5. The van der Waals surface area contributed by atoms with Crippen LogP contribution >= 0.6 is 19.7 Å². The molecular weight excluding hydrogens is 577 g/mol. The molecule has 2 aliphatic carbocycles. The van der Waals surface area contributed by atoms with E-state index in [9.17, 15) is 15.8 Å². The van der Waals surface area contributed by atoms with Gasteiger partial charge in [0.15, 0.2) is 10.9 Å². The molecule has 0 radical (unpaired) electrons. The Kier molecular flexibility index (Phi) is 21.3. The Morgan fingerprint density at radius 2 is 1.32 bits per heavy atom. The first kappa shape index (κ1) is 39.1. The topological polar surface area (TPSA) is 34.1 Å². The van der Waals surface area contributed by atoms with Crippen molar-refractivity contribution in [3.8, 4) is 0 Å². The van der Waals surface area contributed by atoms with Crippen LogP contribution in [0, 0.1) is 26.2 Å². The monoisotopic (exact) mass is 626 g/mol. The molecule has 0 aromatic heterocycles. The van der Waals surface area contributed by atoms with Crippen molar-refractivity contribution in [1.82, 2.24) is 0 Å². The number of carbonyl (C=O) groups is 2. The van der Waals surface area contributed by atoms with Gasteiger partial charge in [0.2, 0.25) is 0 Å². The molecule has 2 aliphatic rings. The molecule has 0 N–H and O–H groups in total. The van der Waals surface area contributed by atoms with E-state index in [0.717, 1.165) is 11.1 Å². The molecule has 2 aromatic carbocycles. The molecular formula is C33H49F2O2PSTi-2. The number of benzene rings is 2. The van der Waals surface area contributed by atoms with Crippen LogP contribution in [0.2, 0.25) is 0 Å². The van der Waals surface area contributed by atoms with Crippen molar-refractivity contribution in [2.75, 3.05) is 5.49 Å². The second-order valence-electron chi connectivity index (χ2n) is 10.7. The molecule has 0 heterocycles. The van der Waals surface area contributed by atoms with Crippen LogP contribution in [-0.2, 0) is 25.0 Å². The molecule has 2 saturated carbocycles. The Bertz CT molecular complexity index is 939. The van der Waals surface area contributed by atoms with E-state index >= 15 is 0 Å². The third-order valence-corrected chi connectivity index (χ3v) is 11.4. The van der Waals surface area contributed by atoms with Crippen LogP contribution in [0.25, 0.3) is 0 Å². The Morgan fingerprint density at radius 1 is 0.850 bits per heavy atom. The summed E-state index contributed by atoms with van der Waals surface area (Å²) >= 11 is -1.00. The second kappa shape index (κ2) is 21.8. The number of hydrogen-bond acceptors (Lipinski definition) is 3. The molecule has 2 fully saturated rings. The average molecular weight is 627 g/mol. The van der Waals surface area contributed by atoms with Gasteiger partial charge in [-0.1, -0.05) is 132 Å². The Morgan fingerprint density at radius 3 is 1.80 bits per heavy atom. The van der Waals surface area contributed by atoms with E-state index in [2.05, 4.69) is 50.2 Å². The van der Waals surface area contributed by atoms with Crippen LogP contribution in [0.3, 0.4) is 0 Å². The van der Waals surface area contributed by atoms with Crippen LogP contribution in [0.4, 0.5) is 6.18 Å². The summed E-state index contributed by atoms with van der Waals surface area (Å²) < 4.78 is 19.5. The van der Waals surface area contributed by atoms with Gasteiger partial charge in [-0.15, -0.1) is 0 Å². The maximum atomic E-state index is 12.9. The van der Waals surface area contributed by atoms with Gasteiger partial charge < -0.3 is 14.9 Å². The third-order valence-electron chi connectivity index (χ3n) is 7.55. The van der Waals surface area contributed by atoms with Gasteiger partial charge >= 0.3 is 26.4 Å². The molecule has 0 bridgehead atoms. The normalized spacial score (nSPS) is 15.2. The summed E-state index contributed by atoms with van der Waals surface area (Å²) in [5.74, 6) is 0.852. The standard InChI is InChI=1S/C26H33O2PS.C5H10.2CH3.2FH.Ti/c1-4-24(27)20-14-16-23(17-15-20)29(22-12-6-5-7-13-22)19-30-25(28)18-26(2,3)21-10-8-9-11-21;1-2-4-5-3-1;;;;;/h5-7,12-17,21H,4,8-11,18-19H2,1-3H3;1-5H2;2*1H3;2*1H;/q;;2*-1;;;+2/p-2. The first-order valence-electron chi connectivity index (χ1n) is 13.9. The summed E-state index contributed by atoms with van der Waals surface area (Å²) in [4.78, 5) is 24.9. The van der Waals surface area contributed by atoms with Gasteiger partial charge in [0.25, 0.3) is 0 Å². The molecule has 0 saturated heterocycles. The number of rotatable bonds is 9. The quantitative estimate of drug-likeness (QED) is 0.120. The van der Waals surface area contributed by atoms with E-state index in [1.54, 1.807) is 0 Å². The summed E-state index contributed by atoms with van der Waals surface area (Å²) in [6.45, 7) is 6.43. The van der Waals surface area contributed by atoms with E-state index in [0.29, 0.717) is 23.9 Å². The second-order valence-corrected chi connectivity index (χ2v) is 14.6. The fourth-order valence-electron chi connectivity index (χ4n) is 5.23. The maximum absolute atomic E-state index is 12.9. The summed E-state index contributed by atoms with van der Waals surface area (Å²) in [7, 11) is -0.640. The minimum atomic E-state index is -2.50. The summed E-state index contributed by atoms with van der Waals surface area (Å²) in [6.07, 6.45) is 13.8. The number of carbonyl (C=O) groups excluding carboxylic acids is 2. The van der Waals surface area contributed by atoms with E-state index in [-0.39, 0.29) is 26.1 Å². The van der Waals surface area contributed by atoms with Crippen LogP contribution in [-0.4, -0.2) is 16.4 Å². The van der Waals surface area contributed by atoms with Gasteiger partial charge in [-0.25, -0.2) is 0 Å². The molecule has 0 amide bonds. The number of Topliss-reactive ketones (excluding diaryl/α,β-unsaturated/α-hetero) is 1. The van der Waals surface area contributed by atoms with Crippen molar-refractivity contribution in [2.24, 2.45) is 11.3 Å². The first-order chi connectivity index (χ1) is 18.3.